The van der Waals surface area contributed by atoms with E-state index in [1.807, 2.05) is 6.07 Å². The van der Waals surface area contributed by atoms with Gasteiger partial charge >= 0.3 is 5.97 Å². The molecule has 0 bridgehead atoms. The van der Waals surface area contributed by atoms with E-state index >= 15 is 0 Å². The van der Waals surface area contributed by atoms with Gasteiger partial charge in [-0.3, -0.25) is 4.79 Å². The first-order valence-corrected chi connectivity index (χ1v) is 8.63. The minimum atomic E-state index is -0.754. The summed E-state index contributed by atoms with van der Waals surface area (Å²) in [6, 6.07) is 8.89. The summed E-state index contributed by atoms with van der Waals surface area (Å²) in [6.45, 7) is 1.19. The van der Waals surface area contributed by atoms with E-state index in [-0.39, 0.29) is 16.5 Å². The van der Waals surface area contributed by atoms with Gasteiger partial charge in [-0.15, -0.1) is 0 Å². The molecule has 26 heavy (non-hydrogen) atoms. The SMILES string of the molecule is Cc1c(C(=O)OCC(=O)Nc2ccc(F)cc2Cl)oc2ccc(Br)cc12. The Kier molecular flexibility index (Phi) is 5.29. The summed E-state index contributed by atoms with van der Waals surface area (Å²) < 4.78 is 24.3. The van der Waals surface area contributed by atoms with Crippen LogP contribution in [0.25, 0.3) is 11.0 Å². The van der Waals surface area contributed by atoms with E-state index in [9.17, 15) is 14.0 Å². The van der Waals surface area contributed by atoms with Crippen molar-refractivity contribution < 1.29 is 23.1 Å². The maximum absolute atomic E-state index is 13.0. The molecule has 1 N–H and O–H groups in total. The van der Waals surface area contributed by atoms with Crippen molar-refractivity contribution in [2.75, 3.05) is 11.9 Å². The van der Waals surface area contributed by atoms with Crippen LogP contribution >= 0.6 is 27.5 Å². The van der Waals surface area contributed by atoms with E-state index in [2.05, 4.69) is 21.2 Å². The van der Waals surface area contributed by atoms with Crippen LogP contribution in [-0.4, -0.2) is 18.5 Å². The van der Waals surface area contributed by atoms with Crippen molar-refractivity contribution in [1.29, 1.82) is 0 Å². The molecular weight excluding hydrogens is 429 g/mol. The lowest BCUT2D eigenvalue weighted by Gasteiger charge is -2.07. The molecule has 134 valence electrons. The number of benzene rings is 2. The van der Waals surface area contributed by atoms with Crippen molar-refractivity contribution >= 4 is 56.1 Å². The van der Waals surface area contributed by atoms with Crippen LogP contribution in [0.1, 0.15) is 16.1 Å². The third kappa shape index (κ3) is 3.89. The molecule has 3 rings (SSSR count). The molecule has 0 atom stereocenters. The van der Waals surface area contributed by atoms with Gasteiger partial charge in [-0.2, -0.15) is 0 Å². The average molecular weight is 441 g/mol. The van der Waals surface area contributed by atoms with Crippen molar-refractivity contribution in [2.24, 2.45) is 0 Å². The van der Waals surface area contributed by atoms with Gasteiger partial charge in [-0.1, -0.05) is 27.5 Å². The molecule has 0 saturated carbocycles. The molecule has 2 aromatic carbocycles. The molecular formula is C18H12BrClFNO4. The third-order valence-corrected chi connectivity index (χ3v) is 4.43. The standard InChI is InChI=1S/C18H12BrClFNO4/c1-9-12-6-10(19)2-5-15(12)26-17(9)18(24)25-8-16(23)22-14-4-3-11(21)7-13(14)20/h2-7H,8H2,1H3,(H,22,23). The number of ether oxygens (including phenoxy) is 1. The molecule has 1 aromatic heterocycles. The lowest BCUT2D eigenvalue weighted by molar-refractivity contribution is -0.119. The van der Waals surface area contributed by atoms with E-state index in [1.165, 1.54) is 6.07 Å². The number of amides is 1. The number of hydrogen-bond donors (Lipinski definition) is 1. The largest absolute Gasteiger partial charge is 0.450 e. The molecule has 0 radical (unpaired) electrons. The van der Waals surface area contributed by atoms with Crippen molar-refractivity contribution in [3.63, 3.8) is 0 Å². The molecule has 1 amide bonds. The molecule has 5 nitrogen and oxygen atoms in total. The van der Waals surface area contributed by atoms with Gasteiger partial charge in [0.1, 0.15) is 11.4 Å². The Bertz CT molecular complexity index is 1020. The first-order valence-electron chi connectivity index (χ1n) is 7.46. The van der Waals surface area contributed by atoms with Crippen molar-refractivity contribution in [1.82, 2.24) is 0 Å². The van der Waals surface area contributed by atoms with Gasteiger partial charge in [-0.25, -0.2) is 9.18 Å². The Morgan fingerprint density at radius 1 is 1.27 bits per heavy atom. The Labute approximate surface area is 161 Å². The number of rotatable bonds is 4. The predicted molar refractivity (Wildman–Crippen MR) is 99.0 cm³/mol. The molecule has 0 fully saturated rings. The topological polar surface area (TPSA) is 68.5 Å². The number of halogens is 3. The summed E-state index contributed by atoms with van der Waals surface area (Å²) in [5, 5.41) is 3.26. The van der Waals surface area contributed by atoms with Crippen molar-refractivity contribution in [3.8, 4) is 0 Å². The maximum Gasteiger partial charge on any atom is 0.375 e. The fourth-order valence-electron chi connectivity index (χ4n) is 2.36. The van der Waals surface area contributed by atoms with Crippen LogP contribution in [-0.2, 0) is 9.53 Å². The summed E-state index contributed by atoms with van der Waals surface area (Å²) in [4.78, 5) is 24.1. The molecule has 0 aliphatic rings. The number of fused-ring (bicyclic) bond motifs is 1. The average Bonchev–Trinajstić information content (AvgIpc) is 2.92. The van der Waals surface area contributed by atoms with Gasteiger partial charge in [-0.05, 0) is 43.3 Å². The monoisotopic (exact) mass is 439 g/mol. The van der Waals surface area contributed by atoms with E-state index in [0.29, 0.717) is 11.1 Å². The highest BCUT2D eigenvalue weighted by Crippen LogP contribution is 2.28. The zero-order chi connectivity index (χ0) is 18.8. The number of nitrogens with one attached hydrogen (secondary N) is 1. The lowest BCUT2D eigenvalue weighted by Crippen LogP contribution is -2.21. The van der Waals surface area contributed by atoms with Crippen LogP contribution in [0, 0.1) is 12.7 Å². The molecule has 0 saturated heterocycles. The fraction of sp³-hybridized carbons (Fsp3) is 0.111. The van der Waals surface area contributed by atoms with Crippen LogP contribution in [0.4, 0.5) is 10.1 Å². The van der Waals surface area contributed by atoms with Gasteiger partial charge in [0, 0.05) is 15.4 Å². The summed E-state index contributed by atoms with van der Waals surface area (Å²) in [5.74, 6) is -1.85. The smallest absolute Gasteiger partial charge is 0.375 e. The van der Waals surface area contributed by atoms with E-state index in [0.717, 1.165) is 22.0 Å². The quantitative estimate of drug-likeness (QED) is 0.574. The molecule has 0 aliphatic carbocycles. The number of anilines is 1. The number of esters is 1. The first kappa shape index (κ1) is 18.4. The number of carbonyl (C=O) groups excluding carboxylic acids is 2. The van der Waals surface area contributed by atoms with Crippen LogP contribution in [0.3, 0.4) is 0 Å². The highest BCUT2D eigenvalue weighted by atomic mass is 79.9. The van der Waals surface area contributed by atoms with Crippen LogP contribution < -0.4 is 5.32 Å². The van der Waals surface area contributed by atoms with Gasteiger partial charge in [0.2, 0.25) is 5.76 Å². The second-order valence-corrected chi connectivity index (χ2v) is 6.77. The van der Waals surface area contributed by atoms with Crippen LogP contribution in [0.15, 0.2) is 45.3 Å². The third-order valence-electron chi connectivity index (χ3n) is 3.62. The summed E-state index contributed by atoms with van der Waals surface area (Å²) in [7, 11) is 0. The molecule has 0 unspecified atom stereocenters. The second kappa shape index (κ2) is 7.47. The van der Waals surface area contributed by atoms with Crippen molar-refractivity contribution in [2.45, 2.75) is 6.92 Å². The molecule has 1 heterocycles. The summed E-state index contributed by atoms with van der Waals surface area (Å²) in [5.41, 5.74) is 1.38. The van der Waals surface area contributed by atoms with Gasteiger partial charge in [0.15, 0.2) is 6.61 Å². The first-order chi connectivity index (χ1) is 12.3. The summed E-state index contributed by atoms with van der Waals surface area (Å²) >= 11 is 9.19. The molecule has 3 aromatic rings. The minimum Gasteiger partial charge on any atom is -0.450 e. The number of furan rings is 1. The highest BCUT2D eigenvalue weighted by molar-refractivity contribution is 9.10. The lowest BCUT2D eigenvalue weighted by atomic mass is 10.1. The van der Waals surface area contributed by atoms with Crippen LogP contribution in [0.2, 0.25) is 5.02 Å². The van der Waals surface area contributed by atoms with E-state index in [1.54, 1.807) is 19.1 Å². The normalized spacial score (nSPS) is 10.8. The highest BCUT2D eigenvalue weighted by Gasteiger charge is 2.20. The maximum atomic E-state index is 13.0. The number of aryl methyl sites for hydroxylation is 1. The summed E-state index contributed by atoms with van der Waals surface area (Å²) in [6.07, 6.45) is 0. The Hall–Kier alpha value is -2.38. The van der Waals surface area contributed by atoms with Gasteiger partial charge in [0.05, 0.1) is 10.7 Å². The molecule has 0 spiro atoms. The zero-order valence-corrected chi connectivity index (χ0v) is 15.8. The Morgan fingerprint density at radius 2 is 2.04 bits per heavy atom. The van der Waals surface area contributed by atoms with Gasteiger partial charge < -0.3 is 14.5 Å². The fourth-order valence-corrected chi connectivity index (χ4v) is 2.94. The second-order valence-electron chi connectivity index (χ2n) is 5.45. The van der Waals surface area contributed by atoms with E-state index < -0.39 is 24.3 Å². The van der Waals surface area contributed by atoms with E-state index in [4.69, 9.17) is 20.8 Å². The van der Waals surface area contributed by atoms with Gasteiger partial charge in [0.25, 0.3) is 5.91 Å². The zero-order valence-electron chi connectivity index (χ0n) is 13.4. The Balaban J connectivity index is 1.67. The van der Waals surface area contributed by atoms with Crippen LogP contribution in [0.5, 0.6) is 0 Å². The number of carbonyl (C=O) groups is 2. The molecule has 8 heteroatoms. The minimum absolute atomic E-state index is 0.0331. The Morgan fingerprint density at radius 3 is 2.77 bits per heavy atom. The predicted octanol–water partition coefficient (Wildman–Crippen LogP) is 5.09. The molecule has 0 aliphatic heterocycles. The number of hydrogen-bond acceptors (Lipinski definition) is 4. The van der Waals surface area contributed by atoms with Crippen molar-refractivity contribution in [3.05, 3.63) is 63.0 Å².